The van der Waals surface area contributed by atoms with Gasteiger partial charge in [-0.3, -0.25) is 4.79 Å². The lowest BCUT2D eigenvalue weighted by Gasteiger charge is -2.23. The van der Waals surface area contributed by atoms with Crippen LogP contribution in [0.5, 0.6) is 0 Å². The highest BCUT2D eigenvalue weighted by atomic mass is 16.6. The lowest BCUT2D eigenvalue weighted by Crippen LogP contribution is -2.28. The molecule has 1 aromatic rings. The van der Waals surface area contributed by atoms with Gasteiger partial charge in [0.25, 0.3) is 0 Å². The predicted octanol–water partition coefficient (Wildman–Crippen LogP) is 1.09. The monoisotopic (exact) mass is 227 g/mol. The summed E-state index contributed by atoms with van der Waals surface area (Å²) in [6.45, 7) is 3.55. The molecule has 0 N–H and O–H groups in total. The molecule has 0 aromatic carbocycles. The third kappa shape index (κ3) is 2.56. The van der Waals surface area contributed by atoms with E-state index in [2.05, 4.69) is 9.72 Å². The van der Waals surface area contributed by atoms with Gasteiger partial charge in [-0.2, -0.15) is 0 Å². The summed E-state index contributed by atoms with van der Waals surface area (Å²) in [6.07, 6.45) is 2.75. The summed E-state index contributed by atoms with van der Waals surface area (Å²) in [7, 11) is 1.30. The minimum Gasteiger partial charge on any atom is -0.469 e. The maximum Gasteiger partial charge on any atom is 0.381 e. The minimum atomic E-state index is -0.603. The molecule has 0 radical (unpaired) electrons. The van der Waals surface area contributed by atoms with Crippen molar-refractivity contribution in [3.63, 3.8) is 0 Å². The molecule has 0 fully saturated rings. The van der Waals surface area contributed by atoms with Crippen LogP contribution < -0.4 is 0 Å². The van der Waals surface area contributed by atoms with Crippen LogP contribution in [-0.2, 0) is 15.1 Å². The van der Waals surface area contributed by atoms with Gasteiger partial charge in [0.15, 0.2) is 0 Å². The average molecular weight is 227 g/mol. The molecule has 0 unspecified atom stereocenters. The Morgan fingerprint density at radius 2 is 2.31 bits per heavy atom. The number of ether oxygens (including phenoxy) is 1. The Morgan fingerprint density at radius 1 is 1.69 bits per heavy atom. The fraction of sp³-hybridized carbons (Fsp3) is 0.556. The van der Waals surface area contributed by atoms with E-state index >= 15 is 0 Å². The molecule has 88 valence electrons. The summed E-state index contributed by atoms with van der Waals surface area (Å²) in [6, 6.07) is 0. The number of hydrogen-bond donors (Lipinski definition) is 0. The molecule has 0 bridgehead atoms. The van der Waals surface area contributed by atoms with Gasteiger partial charge in [0.05, 0.1) is 19.1 Å². The van der Waals surface area contributed by atoms with E-state index in [-0.39, 0.29) is 18.2 Å². The van der Waals surface area contributed by atoms with Crippen LogP contribution in [-0.4, -0.2) is 27.6 Å². The number of methoxy groups -OCH3 is 1. The van der Waals surface area contributed by atoms with Gasteiger partial charge in [-0.1, -0.05) is 0 Å². The van der Waals surface area contributed by atoms with E-state index in [1.165, 1.54) is 24.2 Å². The number of hydrogen-bond acceptors (Lipinski definition) is 5. The first-order chi connectivity index (χ1) is 7.36. The van der Waals surface area contributed by atoms with Crippen LogP contribution in [0.2, 0.25) is 0 Å². The van der Waals surface area contributed by atoms with Gasteiger partial charge in [0.1, 0.15) is 6.20 Å². The number of carbonyl (C=O) groups excluding carboxylic acids is 1. The second kappa shape index (κ2) is 4.30. The molecule has 0 amide bonds. The normalized spacial score (nSPS) is 11.2. The fourth-order valence-corrected chi connectivity index (χ4v) is 1.25. The zero-order valence-electron chi connectivity index (χ0n) is 9.34. The number of aromatic nitrogens is 2. The van der Waals surface area contributed by atoms with Gasteiger partial charge in [0.2, 0.25) is 6.33 Å². The largest absolute Gasteiger partial charge is 0.469 e. The Hall–Kier alpha value is -1.92. The van der Waals surface area contributed by atoms with Crippen LogP contribution in [0.15, 0.2) is 12.5 Å². The van der Waals surface area contributed by atoms with E-state index in [0.717, 1.165) is 0 Å². The smallest absolute Gasteiger partial charge is 0.381 e. The first kappa shape index (κ1) is 12.2. The summed E-state index contributed by atoms with van der Waals surface area (Å²) in [5.41, 5.74) is -0.603. The van der Waals surface area contributed by atoms with Gasteiger partial charge in [-0.05, 0) is 23.8 Å². The van der Waals surface area contributed by atoms with E-state index < -0.39 is 10.5 Å². The van der Waals surface area contributed by atoms with Crippen LogP contribution in [0.3, 0.4) is 0 Å². The summed E-state index contributed by atoms with van der Waals surface area (Å²) in [5, 5.41) is 10.5. The van der Waals surface area contributed by atoms with Crippen molar-refractivity contribution in [2.24, 2.45) is 0 Å². The molecular weight excluding hydrogens is 214 g/mol. The van der Waals surface area contributed by atoms with Crippen molar-refractivity contribution in [1.82, 2.24) is 9.55 Å². The van der Waals surface area contributed by atoms with Crippen molar-refractivity contribution >= 4 is 11.8 Å². The van der Waals surface area contributed by atoms with Crippen molar-refractivity contribution < 1.29 is 14.5 Å². The molecule has 0 aliphatic rings. The topological polar surface area (TPSA) is 87.3 Å². The molecule has 1 aromatic heterocycles. The van der Waals surface area contributed by atoms with Crippen molar-refractivity contribution in [1.29, 1.82) is 0 Å². The maximum absolute atomic E-state index is 11.2. The molecule has 7 nitrogen and oxygen atoms in total. The standard InChI is InChI=1S/C9H13N3O4/c1-9(2,4-8(13)16-3)11-5-7(10-6-11)12(14)15/h5-6H,4H2,1-3H3. The average Bonchev–Trinajstić information content (AvgIpc) is 2.66. The van der Waals surface area contributed by atoms with E-state index in [9.17, 15) is 14.9 Å². The highest BCUT2D eigenvalue weighted by molar-refractivity contribution is 5.70. The zero-order chi connectivity index (χ0) is 12.3. The van der Waals surface area contributed by atoms with Crippen molar-refractivity contribution in [3.05, 3.63) is 22.6 Å². The summed E-state index contributed by atoms with van der Waals surface area (Å²) < 4.78 is 6.09. The lowest BCUT2D eigenvalue weighted by atomic mass is 10.0. The molecule has 16 heavy (non-hydrogen) atoms. The van der Waals surface area contributed by atoms with Crippen molar-refractivity contribution in [2.45, 2.75) is 25.8 Å². The predicted molar refractivity (Wildman–Crippen MR) is 54.8 cm³/mol. The van der Waals surface area contributed by atoms with Crippen molar-refractivity contribution in [2.75, 3.05) is 7.11 Å². The van der Waals surface area contributed by atoms with Gasteiger partial charge < -0.3 is 19.4 Å². The van der Waals surface area contributed by atoms with E-state index in [4.69, 9.17) is 0 Å². The van der Waals surface area contributed by atoms with E-state index in [0.29, 0.717) is 0 Å². The molecule has 0 aliphatic heterocycles. The van der Waals surface area contributed by atoms with Gasteiger partial charge in [0, 0.05) is 0 Å². The molecule has 0 saturated heterocycles. The number of nitro groups is 1. The third-order valence-corrected chi connectivity index (χ3v) is 2.26. The third-order valence-electron chi connectivity index (χ3n) is 2.26. The van der Waals surface area contributed by atoms with Gasteiger partial charge >= 0.3 is 11.8 Å². The SMILES string of the molecule is COC(=O)CC(C)(C)n1cnc([N+](=O)[O-])c1. The second-order valence-corrected chi connectivity index (χ2v) is 3.96. The quantitative estimate of drug-likeness (QED) is 0.436. The van der Waals surface area contributed by atoms with Crippen LogP contribution in [0.25, 0.3) is 0 Å². The number of imidazole rings is 1. The van der Waals surface area contributed by atoms with Crippen LogP contribution in [0, 0.1) is 10.1 Å². The Kier molecular flexibility index (Phi) is 3.26. The van der Waals surface area contributed by atoms with Crippen molar-refractivity contribution in [3.8, 4) is 0 Å². The molecule has 7 heteroatoms. The van der Waals surface area contributed by atoms with Gasteiger partial charge in [-0.15, -0.1) is 0 Å². The summed E-state index contributed by atoms with van der Waals surface area (Å²) in [5.74, 6) is -0.612. The maximum atomic E-state index is 11.2. The molecule has 1 heterocycles. The van der Waals surface area contributed by atoms with E-state index in [1.54, 1.807) is 13.8 Å². The summed E-state index contributed by atoms with van der Waals surface area (Å²) in [4.78, 5) is 24.7. The fourth-order valence-electron chi connectivity index (χ4n) is 1.25. The molecule has 0 atom stereocenters. The number of carbonyl (C=O) groups is 1. The highest BCUT2D eigenvalue weighted by Crippen LogP contribution is 2.22. The van der Waals surface area contributed by atoms with Crippen LogP contribution in [0.4, 0.5) is 5.82 Å². The minimum absolute atomic E-state index is 0.122. The Morgan fingerprint density at radius 3 is 2.75 bits per heavy atom. The highest BCUT2D eigenvalue weighted by Gasteiger charge is 2.27. The molecule has 0 saturated carbocycles. The van der Waals surface area contributed by atoms with E-state index in [1.807, 2.05) is 0 Å². The Labute approximate surface area is 92.2 Å². The molecule has 0 aliphatic carbocycles. The molecular formula is C9H13N3O4. The second-order valence-electron chi connectivity index (χ2n) is 3.96. The molecule has 0 spiro atoms. The molecule has 1 rings (SSSR count). The number of rotatable bonds is 4. The van der Waals surface area contributed by atoms with Crippen LogP contribution >= 0.6 is 0 Å². The summed E-state index contributed by atoms with van der Waals surface area (Å²) >= 11 is 0. The first-order valence-corrected chi connectivity index (χ1v) is 4.62. The number of nitrogens with zero attached hydrogens (tertiary/aromatic N) is 3. The van der Waals surface area contributed by atoms with Crippen LogP contribution in [0.1, 0.15) is 20.3 Å². The lowest BCUT2D eigenvalue weighted by molar-refractivity contribution is -0.389. The zero-order valence-corrected chi connectivity index (χ0v) is 9.34. The Balaban J connectivity index is 2.89. The Bertz CT molecular complexity index is 411. The number of esters is 1. The van der Waals surface area contributed by atoms with Gasteiger partial charge in [-0.25, -0.2) is 0 Å². The first-order valence-electron chi connectivity index (χ1n) is 4.62.